The number of ketones is 1. The lowest BCUT2D eigenvalue weighted by atomic mass is 10.1. The molecule has 0 aromatic carbocycles. The molecule has 0 radical (unpaired) electrons. The molecule has 0 unspecified atom stereocenters. The fourth-order valence-corrected chi connectivity index (χ4v) is 0.968. The van der Waals surface area contributed by atoms with Crippen LogP contribution in [0.2, 0.25) is 0 Å². The van der Waals surface area contributed by atoms with E-state index in [1.807, 2.05) is 0 Å². The van der Waals surface area contributed by atoms with Crippen molar-refractivity contribution in [2.45, 2.75) is 25.3 Å². The number of rotatable bonds is 6. The molecule has 0 saturated carbocycles. The molecule has 0 spiro atoms. The minimum Gasteiger partial charge on any atom is -0.454 e. The van der Waals surface area contributed by atoms with Gasteiger partial charge in [-0.1, -0.05) is 6.42 Å². The van der Waals surface area contributed by atoms with Gasteiger partial charge in [0.15, 0.2) is 0 Å². The van der Waals surface area contributed by atoms with E-state index in [2.05, 4.69) is 4.74 Å². The van der Waals surface area contributed by atoms with Crippen molar-refractivity contribution in [3.63, 3.8) is 0 Å². The van der Waals surface area contributed by atoms with Gasteiger partial charge in [-0.15, -0.1) is 0 Å². The highest BCUT2D eigenvalue weighted by Gasteiger charge is 2.25. The fraction of sp³-hybridized carbons (Fsp3) is 0.625. The van der Waals surface area contributed by atoms with Crippen molar-refractivity contribution in [1.82, 2.24) is 0 Å². The van der Waals surface area contributed by atoms with Crippen LogP contribution >= 0.6 is 0 Å². The van der Waals surface area contributed by atoms with E-state index in [0.29, 0.717) is 18.7 Å². The summed E-state index contributed by atoms with van der Waals surface area (Å²) in [7, 11) is 0. The third-order valence-electron chi connectivity index (χ3n) is 1.78. The highest BCUT2D eigenvalue weighted by atomic mass is 16.5. The summed E-state index contributed by atoms with van der Waals surface area (Å²) in [5, 5.41) is 0. The minimum absolute atomic E-state index is 0.0907. The third kappa shape index (κ3) is 2.64. The normalized spacial score (nSPS) is 16.3. The number of unbranched alkanes of at least 4 members (excludes halogenated alkanes) is 1. The third-order valence-corrected chi connectivity index (χ3v) is 1.78. The van der Waals surface area contributed by atoms with Gasteiger partial charge >= 0.3 is 0 Å². The lowest BCUT2D eigenvalue weighted by molar-refractivity contribution is -0.117. The summed E-state index contributed by atoms with van der Waals surface area (Å²) in [5.41, 5.74) is 10.9. The van der Waals surface area contributed by atoms with Crippen molar-refractivity contribution in [3.8, 4) is 0 Å². The van der Waals surface area contributed by atoms with Gasteiger partial charge in [0.25, 0.3) is 0 Å². The van der Waals surface area contributed by atoms with Crippen LogP contribution < -0.4 is 11.5 Å². The highest BCUT2D eigenvalue weighted by Crippen LogP contribution is 2.16. The summed E-state index contributed by atoms with van der Waals surface area (Å²) >= 11 is 0. The van der Waals surface area contributed by atoms with E-state index in [4.69, 9.17) is 11.5 Å². The predicted octanol–water partition coefficient (Wildman–Crippen LogP) is -0.117. The molecular formula is C8H14N2O2. The fourth-order valence-electron chi connectivity index (χ4n) is 0.968. The number of nitrogens with two attached hydrogens (primary N) is 2. The maximum Gasteiger partial charge on any atom is 0.217 e. The van der Waals surface area contributed by atoms with Gasteiger partial charge in [0.2, 0.25) is 11.5 Å². The van der Waals surface area contributed by atoms with Gasteiger partial charge in [0, 0.05) is 0 Å². The number of ether oxygens (including phenoxy) is 1. The van der Waals surface area contributed by atoms with Crippen LogP contribution in [-0.4, -0.2) is 18.4 Å². The highest BCUT2D eigenvalue weighted by molar-refractivity contribution is 5.99. The van der Waals surface area contributed by atoms with Crippen LogP contribution in [0.15, 0.2) is 12.0 Å². The standard InChI is InChI=1S/C8H14N2O2/c9-4-2-1-3-6(10)8(11)7-5-12-7/h5-6H,1-4,9-10H2/t6-/m0/s1. The molecule has 1 aliphatic rings. The van der Waals surface area contributed by atoms with Gasteiger partial charge in [0.05, 0.1) is 6.04 Å². The van der Waals surface area contributed by atoms with Crippen LogP contribution in [0.25, 0.3) is 0 Å². The first-order valence-corrected chi connectivity index (χ1v) is 4.12. The van der Waals surface area contributed by atoms with Crippen molar-refractivity contribution < 1.29 is 9.53 Å². The van der Waals surface area contributed by atoms with Crippen molar-refractivity contribution in [2.24, 2.45) is 11.5 Å². The van der Waals surface area contributed by atoms with E-state index >= 15 is 0 Å². The Balaban J connectivity index is 2.14. The monoisotopic (exact) mass is 170 g/mol. The number of hydrogen-bond donors (Lipinski definition) is 2. The number of hydrogen-bond acceptors (Lipinski definition) is 4. The van der Waals surface area contributed by atoms with Gasteiger partial charge in [0.1, 0.15) is 6.26 Å². The Kier molecular flexibility index (Phi) is 3.25. The quantitative estimate of drug-likeness (QED) is 0.545. The average molecular weight is 170 g/mol. The Morgan fingerprint density at radius 1 is 1.58 bits per heavy atom. The van der Waals surface area contributed by atoms with E-state index < -0.39 is 6.04 Å². The molecule has 0 amide bonds. The van der Waals surface area contributed by atoms with Crippen LogP contribution in [0, 0.1) is 0 Å². The van der Waals surface area contributed by atoms with Crippen LogP contribution in [-0.2, 0) is 9.53 Å². The van der Waals surface area contributed by atoms with Crippen molar-refractivity contribution in [2.75, 3.05) is 6.54 Å². The number of carbonyl (C=O) groups excluding carboxylic acids is 1. The summed E-state index contributed by atoms with van der Waals surface area (Å²) in [6.45, 7) is 0.653. The summed E-state index contributed by atoms with van der Waals surface area (Å²) in [4.78, 5) is 11.1. The van der Waals surface area contributed by atoms with E-state index in [9.17, 15) is 4.79 Å². The molecule has 1 heterocycles. The zero-order chi connectivity index (χ0) is 8.97. The Bertz CT molecular complexity index is 201. The zero-order valence-electron chi connectivity index (χ0n) is 6.95. The smallest absolute Gasteiger partial charge is 0.217 e. The largest absolute Gasteiger partial charge is 0.454 e. The predicted molar refractivity (Wildman–Crippen MR) is 45.1 cm³/mol. The molecule has 0 aliphatic carbocycles. The molecule has 12 heavy (non-hydrogen) atoms. The second kappa shape index (κ2) is 4.23. The van der Waals surface area contributed by atoms with E-state index in [-0.39, 0.29) is 5.78 Å². The van der Waals surface area contributed by atoms with Crippen LogP contribution in [0.5, 0.6) is 0 Å². The summed E-state index contributed by atoms with van der Waals surface area (Å²) in [5.74, 6) is 0.322. The molecule has 0 bridgehead atoms. The van der Waals surface area contributed by atoms with Gasteiger partial charge in [-0.3, -0.25) is 4.79 Å². The van der Waals surface area contributed by atoms with Crippen LogP contribution in [0.1, 0.15) is 19.3 Å². The second-order valence-corrected chi connectivity index (χ2v) is 2.86. The lowest BCUT2D eigenvalue weighted by Gasteiger charge is -2.05. The summed E-state index contributed by atoms with van der Waals surface area (Å²) < 4.78 is 4.64. The molecule has 4 heteroatoms. The molecule has 0 aromatic rings. The molecule has 1 atom stereocenters. The number of carbonyl (C=O) groups is 1. The summed E-state index contributed by atoms with van der Waals surface area (Å²) in [6.07, 6.45) is 3.93. The first-order valence-electron chi connectivity index (χ1n) is 4.12. The molecule has 0 fully saturated rings. The lowest BCUT2D eigenvalue weighted by Crippen LogP contribution is -2.30. The Hall–Kier alpha value is -0.870. The van der Waals surface area contributed by atoms with Gasteiger partial charge < -0.3 is 16.2 Å². The molecule has 1 rings (SSSR count). The summed E-state index contributed by atoms with van der Waals surface area (Å²) in [6, 6.07) is -0.412. The maximum atomic E-state index is 11.1. The molecule has 68 valence electrons. The van der Waals surface area contributed by atoms with E-state index in [1.165, 1.54) is 6.26 Å². The Morgan fingerprint density at radius 2 is 2.25 bits per heavy atom. The van der Waals surface area contributed by atoms with E-state index in [1.54, 1.807) is 0 Å². The SMILES string of the molecule is NCCCC[C@H](N)C(=O)C1=CO1. The Morgan fingerprint density at radius 3 is 2.75 bits per heavy atom. The number of Topliss-reactive ketones (excluding diaryl/α,β-unsaturated/α-hetero) is 1. The Labute approximate surface area is 71.6 Å². The van der Waals surface area contributed by atoms with E-state index in [0.717, 1.165) is 12.8 Å². The zero-order valence-corrected chi connectivity index (χ0v) is 6.95. The molecule has 0 aromatic heterocycles. The molecular weight excluding hydrogens is 156 g/mol. The minimum atomic E-state index is -0.412. The second-order valence-electron chi connectivity index (χ2n) is 2.86. The van der Waals surface area contributed by atoms with Crippen molar-refractivity contribution in [1.29, 1.82) is 0 Å². The molecule has 1 aliphatic heterocycles. The first kappa shape index (κ1) is 9.22. The van der Waals surface area contributed by atoms with Crippen molar-refractivity contribution >= 4 is 5.78 Å². The van der Waals surface area contributed by atoms with Gasteiger partial charge in [-0.05, 0) is 19.4 Å². The average Bonchev–Trinajstić information content (AvgIpc) is 2.86. The van der Waals surface area contributed by atoms with Crippen molar-refractivity contribution in [3.05, 3.63) is 12.0 Å². The molecule has 0 saturated heterocycles. The van der Waals surface area contributed by atoms with Gasteiger partial charge in [-0.25, -0.2) is 0 Å². The van der Waals surface area contributed by atoms with Crippen LogP contribution in [0.4, 0.5) is 0 Å². The van der Waals surface area contributed by atoms with Gasteiger partial charge in [-0.2, -0.15) is 0 Å². The molecule has 4 N–H and O–H groups in total. The molecule has 4 nitrogen and oxygen atoms in total. The maximum absolute atomic E-state index is 11.1. The first-order chi connectivity index (χ1) is 5.75. The topological polar surface area (TPSA) is 81.6 Å². The van der Waals surface area contributed by atoms with Crippen LogP contribution in [0.3, 0.4) is 0 Å².